The highest BCUT2D eigenvalue weighted by molar-refractivity contribution is 7.22. The van der Waals surface area contributed by atoms with E-state index in [1.54, 1.807) is 12.1 Å². The van der Waals surface area contributed by atoms with Crippen molar-refractivity contribution in [2.45, 2.75) is 0 Å². The van der Waals surface area contributed by atoms with Crippen molar-refractivity contribution >= 4 is 38.3 Å². The minimum absolute atomic E-state index is 0.298. The Bertz CT molecular complexity index is 720. The summed E-state index contributed by atoms with van der Waals surface area (Å²) >= 11 is 1.42. The number of thiazole rings is 1. The molecule has 0 aliphatic carbocycles. The number of hydrazine groups is 1. The molecule has 20 heavy (non-hydrogen) atoms. The van der Waals surface area contributed by atoms with Gasteiger partial charge in [-0.15, -0.1) is 0 Å². The number of carbonyl (C=O) groups is 1. The van der Waals surface area contributed by atoms with Crippen LogP contribution < -0.4 is 16.6 Å². The van der Waals surface area contributed by atoms with Crippen LogP contribution in [0.5, 0.6) is 0 Å². The summed E-state index contributed by atoms with van der Waals surface area (Å²) in [5.41, 5.74) is 4.27. The lowest BCUT2D eigenvalue weighted by atomic mass is 10.3. The molecule has 6 nitrogen and oxygen atoms in total. The molecule has 2 aromatic heterocycles. The van der Waals surface area contributed by atoms with Gasteiger partial charge in [-0.3, -0.25) is 16.0 Å². The SMILES string of the molecule is NNc1ccc(C(=O)Nc2nc3ccccc3s2)nc1. The molecule has 0 saturated heterocycles. The van der Waals surface area contributed by atoms with Crippen molar-refractivity contribution in [2.24, 2.45) is 5.84 Å². The third-order valence-electron chi connectivity index (χ3n) is 2.68. The molecule has 100 valence electrons. The standard InChI is InChI=1S/C13H11N5OS/c14-18-8-5-6-10(15-7-8)12(19)17-13-16-9-3-1-2-4-11(9)20-13/h1-7,18H,14H2,(H,16,17,19). The number of pyridine rings is 1. The average molecular weight is 285 g/mol. The second-order valence-electron chi connectivity index (χ2n) is 4.02. The van der Waals surface area contributed by atoms with Gasteiger partial charge in [0.2, 0.25) is 0 Å². The van der Waals surface area contributed by atoms with Crippen LogP contribution in [0.1, 0.15) is 10.5 Å². The number of benzene rings is 1. The molecule has 0 atom stereocenters. The van der Waals surface area contributed by atoms with Crippen LogP contribution in [-0.4, -0.2) is 15.9 Å². The zero-order valence-corrected chi connectivity index (χ0v) is 11.1. The first-order valence-corrected chi connectivity index (χ1v) is 6.67. The molecule has 0 radical (unpaired) electrons. The van der Waals surface area contributed by atoms with Gasteiger partial charge >= 0.3 is 0 Å². The molecule has 0 fully saturated rings. The van der Waals surface area contributed by atoms with Gasteiger partial charge in [0.1, 0.15) is 5.69 Å². The fourth-order valence-electron chi connectivity index (χ4n) is 1.70. The van der Waals surface area contributed by atoms with E-state index >= 15 is 0 Å². The third kappa shape index (κ3) is 2.44. The topological polar surface area (TPSA) is 92.9 Å². The molecule has 0 unspecified atom stereocenters. The van der Waals surface area contributed by atoms with E-state index in [0.717, 1.165) is 10.2 Å². The van der Waals surface area contributed by atoms with Crippen LogP contribution in [0.25, 0.3) is 10.2 Å². The van der Waals surface area contributed by atoms with E-state index in [1.807, 2.05) is 24.3 Å². The molecular weight excluding hydrogens is 274 g/mol. The molecule has 7 heteroatoms. The number of aromatic nitrogens is 2. The Morgan fingerprint density at radius 1 is 1.20 bits per heavy atom. The number of nitrogens with two attached hydrogens (primary N) is 1. The van der Waals surface area contributed by atoms with Crippen molar-refractivity contribution in [3.8, 4) is 0 Å². The monoisotopic (exact) mass is 285 g/mol. The third-order valence-corrected chi connectivity index (χ3v) is 3.63. The largest absolute Gasteiger partial charge is 0.323 e. The lowest BCUT2D eigenvalue weighted by Gasteiger charge is -2.02. The number of nitrogen functional groups attached to an aromatic ring is 1. The molecule has 0 saturated carbocycles. The lowest BCUT2D eigenvalue weighted by Crippen LogP contribution is -2.14. The first-order valence-electron chi connectivity index (χ1n) is 5.86. The number of carbonyl (C=O) groups excluding carboxylic acids is 1. The van der Waals surface area contributed by atoms with Gasteiger partial charge in [-0.1, -0.05) is 23.5 Å². The number of nitrogens with zero attached hydrogens (tertiary/aromatic N) is 2. The molecular formula is C13H11N5OS. The van der Waals surface area contributed by atoms with Gasteiger partial charge in [0, 0.05) is 0 Å². The molecule has 1 aromatic carbocycles. The normalized spacial score (nSPS) is 10.4. The summed E-state index contributed by atoms with van der Waals surface area (Å²) in [6.07, 6.45) is 1.49. The van der Waals surface area contributed by atoms with Crippen molar-refractivity contribution in [3.05, 3.63) is 48.3 Å². The summed E-state index contributed by atoms with van der Waals surface area (Å²) < 4.78 is 1.03. The van der Waals surface area contributed by atoms with Crippen LogP contribution in [0, 0.1) is 0 Å². The van der Waals surface area contributed by atoms with E-state index < -0.39 is 0 Å². The zero-order chi connectivity index (χ0) is 13.9. The molecule has 3 aromatic rings. The van der Waals surface area contributed by atoms with Crippen molar-refractivity contribution in [1.29, 1.82) is 0 Å². The Labute approximate surface area is 118 Å². The lowest BCUT2D eigenvalue weighted by molar-refractivity contribution is 0.102. The fourth-order valence-corrected chi connectivity index (χ4v) is 2.56. The molecule has 4 N–H and O–H groups in total. The molecule has 0 aliphatic heterocycles. The van der Waals surface area contributed by atoms with Crippen LogP contribution in [-0.2, 0) is 0 Å². The predicted molar refractivity (Wildman–Crippen MR) is 79.6 cm³/mol. The van der Waals surface area contributed by atoms with Gasteiger partial charge in [-0.25, -0.2) is 9.97 Å². The molecule has 0 aliphatic rings. The number of fused-ring (bicyclic) bond motifs is 1. The Hall–Kier alpha value is -2.51. The summed E-state index contributed by atoms with van der Waals surface area (Å²) in [4.78, 5) is 20.4. The smallest absolute Gasteiger partial charge is 0.276 e. The number of rotatable bonds is 3. The first-order chi connectivity index (χ1) is 9.76. The van der Waals surface area contributed by atoms with E-state index in [4.69, 9.17) is 5.84 Å². The van der Waals surface area contributed by atoms with Gasteiger partial charge in [-0.05, 0) is 24.3 Å². The number of hydrogen-bond acceptors (Lipinski definition) is 6. The van der Waals surface area contributed by atoms with Crippen LogP contribution in [0.2, 0.25) is 0 Å². The maximum atomic E-state index is 12.0. The van der Waals surface area contributed by atoms with Gasteiger partial charge in [0.05, 0.1) is 22.1 Å². The average Bonchev–Trinajstić information content (AvgIpc) is 2.89. The summed E-state index contributed by atoms with van der Waals surface area (Å²) in [6, 6.07) is 11.0. The number of amides is 1. The summed E-state index contributed by atoms with van der Waals surface area (Å²) in [6.45, 7) is 0. The van der Waals surface area contributed by atoms with E-state index in [0.29, 0.717) is 16.5 Å². The second-order valence-corrected chi connectivity index (χ2v) is 5.05. The minimum atomic E-state index is -0.298. The maximum Gasteiger partial charge on any atom is 0.276 e. The summed E-state index contributed by atoms with van der Waals surface area (Å²) in [5.74, 6) is 4.95. The molecule has 3 rings (SSSR count). The molecule has 0 bridgehead atoms. The van der Waals surface area contributed by atoms with Crippen molar-refractivity contribution < 1.29 is 4.79 Å². The summed E-state index contributed by atoms with van der Waals surface area (Å²) in [5, 5.41) is 3.29. The molecule has 0 spiro atoms. The zero-order valence-electron chi connectivity index (χ0n) is 10.3. The number of hydrogen-bond donors (Lipinski definition) is 3. The first kappa shape index (κ1) is 12.5. The van der Waals surface area contributed by atoms with Gasteiger partial charge < -0.3 is 5.43 Å². The maximum absolute atomic E-state index is 12.0. The number of para-hydroxylation sites is 1. The van der Waals surface area contributed by atoms with E-state index in [-0.39, 0.29) is 5.91 Å². The van der Waals surface area contributed by atoms with Crippen LogP contribution >= 0.6 is 11.3 Å². The minimum Gasteiger partial charge on any atom is -0.323 e. The highest BCUT2D eigenvalue weighted by Crippen LogP contribution is 2.25. The number of nitrogens with one attached hydrogen (secondary N) is 2. The van der Waals surface area contributed by atoms with E-state index in [1.165, 1.54) is 17.5 Å². The van der Waals surface area contributed by atoms with Crippen molar-refractivity contribution in [2.75, 3.05) is 10.7 Å². The highest BCUT2D eigenvalue weighted by atomic mass is 32.1. The van der Waals surface area contributed by atoms with Crippen molar-refractivity contribution in [1.82, 2.24) is 9.97 Å². The van der Waals surface area contributed by atoms with Gasteiger partial charge in [0.25, 0.3) is 5.91 Å². The van der Waals surface area contributed by atoms with Crippen molar-refractivity contribution in [3.63, 3.8) is 0 Å². The molecule has 1 amide bonds. The van der Waals surface area contributed by atoms with Crippen LogP contribution in [0.3, 0.4) is 0 Å². The quantitative estimate of drug-likeness (QED) is 0.507. The Kier molecular flexibility index (Phi) is 3.28. The summed E-state index contributed by atoms with van der Waals surface area (Å²) in [7, 11) is 0. The van der Waals surface area contributed by atoms with E-state index in [9.17, 15) is 4.79 Å². The predicted octanol–water partition coefficient (Wildman–Crippen LogP) is 2.23. The Morgan fingerprint density at radius 3 is 2.75 bits per heavy atom. The Balaban J connectivity index is 1.80. The van der Waals surface area contributed by atoms with E-state index in [2.05, 4.69) is 20.7 Å². The Morgan fingerprint density at radius 2 is 2.05 bits per heavy atom. The van der Waals surface area contributed by atoms with Crippen LogP contribution in [0.4, 0.5) is 10.8 Å². The fraction of sp³-hybridized carbons (Fsp3) is 0. The second kappa shape index (κ2) is 5.24. The van der Waals surface area contributed by atoms with Crippen LogP contribution in [0.15, 0.2) is 42.6 Å². The highest BCUT2D eigenvalue weighted by Gasteiger charge is 2.10. The molecule has 2 heterocycles. The van der Waals surface area contributed by atoms with Gasteiger partial charge in [-0.2, -0.15) is 0 Å². The van der Waals surface area contributed by atoms with Gasteiger partial charge in [0.15, 0.2) is 5.13 Å². The number of anilines is 2.